The maximum Gasteiger partial charge on any atom is 0.288 e. The van der Waals surface area contributed by atoms with E-state index in [4.69, 9.17) is 11.6 Å². The Hall–Kier alpha value is -3.17. The molecule has 0 aliphatic rings. The van der Waals surface area contributed by atoms with Crippen LogP contribution < -0.4 is 5.32 Å². The van der Waals surface area contributed by atoms with Crippen molar-refractivity contribution >= 4 is 35.0 Å². The van der Waals surface area contributed by atoms with Crippen molar-refractivity contribution in [2.45, 2.75) is 13.8 Å². The summed E-state index contributed by atoms with van der Waals surface area (Å²) in [6.45, 7) is 3.70. The standard InChI is InChI=1S/C18H14ClN3O3/c1-11-4-3-5-12(2)17(11)21-18(23)14(10-20)8-13-6-7-15(19)16(9-13)22(24)25/h3-9H,1-2H3,(H,21,23)/b14-8-. The SMILES string of the molecule is Cc1cccc(C)c1NC(=O)/C(C#N)=C\c1ccc(Cl)c([N+](=O)[O-])c1. The van der Waals surface area contributed by atoms with Crippen LogP contribution >= 0.6 is 11.6 Å². The van der Waals surface area contributed by atoms with Crippen molar-refractivity contribution in [3.63, 3.8) is 0 Å². The van der Waals surface area contributed by atoms with E-state index in [0.717, 1.165) is 11.1 Å². The molecule has 2 aromatic rings. The molecule has 0 unspecified atom stereocenters. The number of nitriles is 1. The molecular weight excluding hydrogens is 342 g/mol. The van der Waals surface area contributed by atoms with E-state index < -0.39 is 10.8 Å². The Morgan fingerprint density at radius 2 is 1.92 bits per heavy atom. The van der Waals surface area contributed by atoms with Gasteiger partial charge in [0.05, 0.1) is 4.92 Å². The summed E-state index contributed by atoms with van der Waals surface area (Å²) in [4.78, 5) is 22.7. The van der Waals surface area contributed by atoms with Crippen LogP contribution in [0.15, 0.2) is 42.0 Å². The molecule has 126 valence electrons. The summed E-state index contributed by atoms with van der Waals surface area (Å²) in [7, 11) is 0. The minimum absolute atomic E-state index is 0.0133. The lowest BCUT2D eigenvalue weighted by Crippen LogP contribution is -2.15. The highest BCUT2D eigenvalue weighted by Gasteiger charge is 2.15. The van der Waals surface area contributed by atoms with Gasteiger partial charge >= 0.3 is 0 Å². The number of carbonyl (C=O) groups is 1. The molecule has 25 heavy (non-hydrogen) atoms. The molecule has 0 radical (unpaired) electrons. The van der Waals surface area contributed by atoms with Gasteiger partial charge in [-0.3, -0.25) is 14.9 Å². The first-order valence-electron chi connectivity index (χ1n) is 7.26. The number of nitro benzene ring substituents is 1. The molecular formula is C18H14ClN3O3. The van der Waals surface area contributed by atoms with Gasteiger partial charge in [-0.05, 0) is 42.7 Å². The summed E-state index contributed by atoms with van der Waals surface area (Å²) < 4.78 is 0. The molecule has 0 atom stereocenters. The molecule has 7 heteroatoms. The molecule has 1 amide bonds. The number of nitrogens with zero attached hydrogens (tertiary/aromatic N) is 2. The topological polar surface area (TPSA) is 96.0 Å². The van der Waals surface area contributed by atoms with Crippen molar-refractivity contribution in [1.29, 1.82) is 5.26 Å². The van der Waals surface area contributed by atoms with Crippen LogP contribution in [-0.4, -0.2) is 10.8 Å². The summed E-state index contributed by atoms with van der Waals surface area (Å²) in [5, 5.41) is 22.9. The number of amides is 1. The quantitative estimate of drug-likeness (QED) is 0.380. The third-order valence-corrected chi connectivity index (χ3v) is 3.88. The van der Waals surface area contributed by atoms with Crippen molar-refractivity contribution in [1.82, 2.24) is 0 Å². The summed E-state index contributed by atoms with van der Waals surface area (Å²) >= 11 is 5.76. The van der Waals surface area contributed by atoms with E-state index >= 15 is 0 Å². The van der Waals surface area contributed by atoms with Crippen molar-refractivity contribution in [3.05, 3.63) is 73.8 Å². The fourth-order valence-corrected chi connectivity index (χ4v) is 2.45. The summed E-state index contributed by atoms with van der Waals surface area (Å²) in [6.07, 6.45) is 1.28. The normalized spacial score (nSPS) is 10.9. The summed E-state index contributed by atoms with van der Waals surface area (Å²) in [6, 6.07) is 11.4. The Kier molecular flexibility index (Phi) is 5.52. The van der Waals surface area contributed by atoms with Crippen molar-refractivity contribution in [2.24, 2.45) is 0 Å². The molecule has 0 fully saturated rings. The average Bonchev–Trinajstić information content (AvgIpc) is 2.57. The van der Waals surface area contributed by atoms with Gasteiger partial charge in [0.25, 0.3) is 11.6 Å². The minimum atomic E-state index is -0.623. The molecule has 6 nitrogen and oxygen atoms in total. The van der Waals surface area contributed by atoms with E-state index in [9.17, 15) is 20.2 Å². The molecule has 0 saturated heterocycles. The van der Waals surface area contributed by atoms with E-state index in [-0.39, 0.29) is 16.3 Å². The van der Waals surface area contributed by atoms with Crippen LogP contribution in [0.2, 0.25) is 5.02 Å². The fourth-order valence-electron chi connectivity index (χ4n) is 2.27. The van der Waals surface area contributed by atoms with Crippen LogP contribution in [0.5, 0.6) is 0 Å². The molecule has 0 aliphatic carbocycles. The monoisotopic (exact) mass is 355 g/mol. The number of anilines is 1. The highest BCUT2D eigenvalue weighted by molar-refractivity contribution is 6.32. The van der Waals surface area contributed by atoms with Crippen molar-refractivity contribution in [3.8, 4) is 6.07 Å². The van der Waals surface area contributed by atoms with Crippen LogP contribution in [0.3, 0.4) is 0 Å². The lowest BCUT2D eigenvalue weighted by Gasteiger charge is -2.10. The van der Waals surface area contributed by atoms with Gasteiger partial charge in [-0.1, -0.05) is 35.9 Å². The van der Waals surface area contributed by atoms with Crippen molar-refractivity contribution < 1.29 is 9.72 Å². The van der Waals surface area contributed by atoms with Gasteiger partial charge in [0.1, 0.15) is 16.7 Å². The molecule has 1 N–H and O–H groups in total. The molecule has 0 aromatic heterocycles. The molecule has 0 spiro atoms. The number of benzene rings is 2. The molecule has 2 rings (SSSR count). The largest absolute Gasteiger partial charge is 0.321 e. The van der Waals surface area contributed by atoms with E-state index in [1.54, 1.807) is 0 Å². The molecule has 0 saturated carbocycles. The number of hydrogen-bond acceptors (Lipinski definition) is 4. The number of nitro groups is 1. The van der Waals surface area contributed by atoms with E-state index in [2.05, 4.69) is 5.32 Å². The summed E-state index contributed by atoms with van der Waals surface area (Å²) in [5.74, 6) is -0.586. The first-order valence-corrected chi connectivity index (χ1v) is 7.64. The zero-order valence-electron chi connectivity index (χ0n) is 13.5. The van der Waals surface area contributed by atoms with Gasteiger partial charge in [-0.15, -0.1) is 0 Å². The first kappa shape index (κ1) is 18.2. The smallest absolute Gasteiger partial charge is 0.288 e. The number of rotatable bonds is 4. The zero-order chi connectivity index (χ0) is 18.6. The Bertz CT molecular complexity index is 909. The lowest BCUT2D eigenvalue weighted by molar-refractivity contribution is -0.384. The number of nitrogens with one attached hydrogen (secondary N) is 1. The Labute approximate surface area is 149 Å². The van der Waals surface area contributed by atoms with Gasteiger partial charge in [-0.25, -0.2) is 0 Å². The average molecular weight is 356 g/mol. The number of aryl methyl sites for hydroxylation is 2. The van der Waals surface area contributed by atoms with Crippen LogP contribution in [0.1, 0.15) is 16.7 Å². The van der Waals surface area contributed by atoms with Crippen LogP contribution in [0.4, 0.5) is 11.4 Å². The number of hydrogen-bond donors (Lipinski definition) is 1. The Balaban J connectivity index is 2.35. The maximum atomic E-state index is 12.4. The van der Waals surface area contributed by atoms with Gasteiger partial charge in [0.15, 0.2) is 0 Å². The van der Waals surface area contributed by atoms with Crippen LogP contribution in [-0.2, 0) is 4.79 Å². The van der Waals surface area contributed by atoms with Gasteiger partial charge < -0.3 is 5.32 Å². The van der Waals surface area contributed by atoms with Crippen molar-refractivity contribution in [2.75, 3.05) is 5.32 Å². The second-order valence-electron chi connectivity index (χ2n) is 5.36. The van der Waals surface area contributed by atoms with E-state index in [0.29, 0.717) is 11.3 Å². The molecule has 0 aliphatic heterocycles. The minimum Gasteiger partial charge on any atom is -0.321 e. The maximum absolute atomic E-state index is 12.4. The van der Waals surface area contributed by atoms with Gasteiger partial charge in [0.2, 0.25) is 0 Å². The highest BCUT2D eigenvalue weighted by atomic mass is 35.5. The zero-order valence-corrected chi connectivity index (χ0v) is 14.3. The Morgan fingerprint density at radius 1 is 1.28 bits per heavy atom. The fraction of sp³-hybridized carbons (Fsp3) is 0.111. The molecule has 0 bridgehead atoms. The highest BCUT2D eigenvalue weighted by Crippen LogP contribution is 2.26. The van der Waals surface area contributed by atoms with Crippen LogP contribution in [0, 0.1) is 35.3 Å². The van der Waals surface area contributed by atoms with E-state index in [1.165, 1.54) is 24.3 Å². The molecule has 0 heterocycles. The van der Waals surface area contributed by atoms with Crippen LogP contribution in [0.25, 0.3) is 6.08 Å². The number of halogens is 1. The van der Waals surface area contributed by atoms with Gasteiger partial charge in [0, 0.05) is 11.8 Å². The second-order valence-corrected chi connectivity index (χ2v) is 5.77. The Morgan fingerprint density at radius 3 is 2.48 bits per heavy atom. The second kappa shape index (κ2) is 7.60. The predicted octanol–water partition coefficient (Wildman–Crippen LogP) is 4.41. The summed E-state index contributed by atoms with van der Waals surface area (Å²) in [5.41, 5.74) is 2.25. The number of para-hydroxylation sites is 1. The number of carbonyl (C=O) groups excluding carboxylic acids is 1. The third-order valence-electron chi connectivity index (χ3n) is 3.56. The predicted molar refractivity (Wildman–Crippen MR) is 96.2 cm³/mol. The molecule has 2 aromatic carbocycles. The lowest BCUT2D eigenvalue weighted by atomic mass is 10.1. The van der Waals surface area contributed by atoms with Gasteiger partial charge in [-0.2, -0.15) is 5.26 Å². The third kappa shape index (κ3) is 4.22. The first-order chi connectivity index (χ1) is 11.8. The van der Waals surface area contributed by atoms with E-state index in [1.807, 2.05) is 38.1 Å².